The van der Waals surface area contributed by atoms with E-state index in [1.807, 2.05) is 24.3 Å². The third-order valence-electron chi connectivity index (χ3n) is 3.89. The molecule has 0 saturated carbocycles. The third kappa shape index (κ3) is 5.25. The molecule has 0 fully saturated rings. The number of carbonyl (C=O) groups is 1. The Morgan fingerprint density at radius 1 is 1.26 bits per heavy atom. The van der Waals surface area contributed by atoms with E-state index in [0.29, 0.717) is 16.0 Å². The lowest BCUT2D eigenvalue weighted by Gasteiger charge is -2.12. The molecule has 1 heterocycles. The first-order valence-electron chi connectivity index (χ1n) is 8.20. The first kappa shape index (κ1) is 17.8. The number of rotatable bonds is 7. The monoisotopic (exact) mass is 334 g/mol. The van der Waals surface area contributed by atoms with Gasteiger partial charge in [-0.2, -0.15) is 0 Å². The summed E-state index contributed by atoms with van der Waals surface area (Å²) in [6.07, 6.45) is 3.18. The van der Waals surface area contributed by atoms with Crippen molar-refractivity contribution in [3.63, 3.8) is 0 Å². The van der Waals surface area contributed by atoms with Crippen LogP contribution in [0.15, 0.2) is 29.3 Å². The zero-order valence-corrected chi connectivity index (χ0v) is 14.7. The van der Waals surface area contributed by atoms with E-state index in [0.717, 1.165) is 38.0 Å². The molecule has 4 N–H and O–H groups in total. The average Bonchev–Trinajstić information content (AvgIpc) is 2.85. The molecule has 1 aromatic carbocycles. The lowest BCUT2D eigenvalue weighted by molar-refractivity contribution is 0.0978. The number of nitrogens with zero attached hydrogens (tertiary/aromatic N) is 1. The van der Waals surface area contributed by atoms with Crippen LogP contribution in [0.25, 0.3) is 0 Å². The predicted octanol–water partition coefficient (Wildman–Crippen LogP) is 2.84. The van der Waals surface area contributed by atoms with Crippen LogP contribution in [0.1, 0.15) is 43.5 Å². The van der Waals surface area contributed by atoms with Crippen LogP contribution in [0.4, 0.5) is 5.69 Å². The number of aliphatic imine (C=N–C) groups is 1. The highest BCUT2D eigenvalue weighted by atomic mass is 32.2. The van der Waals surface area contributed by atoms with E-state index in [-0.39, 0.29) is 11.9 Å². The molecule has 6 heteroatoms. The maximum atomic E-state index is 12.5. The number of amides is 1. The van der Waals surface area contributed by atoms with Gasteiger partial charge < -0.3 is 16.4 Å². The Kier molecular flexibility index (Phi) is 6.92. The maximum Gasteiger partial charge on any atom is 0.259 e. The molecule has 1 aliphatic heterocycles. The number of anilines is 1. The molecule has 1 aromatic rings. The summed E-state index contributed by atoms with van der Waals surface area (Å²) in [6, 6.07) is 7.83. The van der Waals surface area contributed by atoms with Crippen molar-refractivity contribution in [1.29, 1.82) is 0 Å². The summed E-state index contributed by atoms with van der Waals surface area (Å²) < 4.78 is 0. The Balaban J connectivity index is 1.93. The smallest absolute Gasteiger partial charge is 0.259 e. The van der Waals surface area contributed by atoms with Gasteiger partial charge in [0.15, 0.2) is 5.17 Å². The number of thioether (sulfide) groups is 1. The second-order valence-corrected chi connectivity index (χ2v) is 7.14. The van der Waals surface area contributed by atoms with Crippen molar-refractivity contribution in [3.05, 3.63) is 29.8 Å². The summed E-state index contributed by atoms with van der Waals surface area (Å²) in [4.78, 5) is 17.0. The second-order valence-electron chi connectivity index (χ2n) is 5.77. The van der Waals surface area contributed by atoms with Crippen molar-refractivity contribution in [3.8, 4) is 0 Å². The van der Waals surface area contributed by atoms with Crippen LogP contribution < -0.4 is 16.4 Å². The minimum absolute atomic E-state index is 0.109. The Hall–Kier alpha value is -1.53. The van der Waals surface area contributed by atoms with Gasteiger partial charge in [0.2, 0.25) is 0 Å². The molecular weight excluding hydrogens is 308 g/mol. The second kappa shape index (κ2) is 8.93. The first-order chi connectivity index (χ1) is 11.1. The fourth-order valence-electron chi connectivity index (χ4n) is 2.33. The van der Waals surface area contributed by atoms with Crippen LogP contribution in [-0.4, -0.2) is 35.5 Å². The number of para-hydroxylation sites is 1. The van der Waals surface area contributed by atoms with Crippen LogP contribution in [0, 0.1) is 0 Å². The number of hydrogen-bond acceptors (Lipinski definition) is 5. The molecule has 0 bridgehead atoms. The lowest BCUT2D eigenvalue weighted by Crippen LogP contribution is -2.28. The van der Waals surface area contributed by atoms with Gasteiger partial charge in [0.25, 0.3) is 5.91 Å². The van der Waals surface area contributed by atoms with Gasteiger partial charge in [-0.1, -0.05) is 37.2 Å². The Bertz CT molecular complexity index is 561. The van der Waals surface area contributed by atoms with Gasteiger partial charge in [0, 0.05) is 17.5 Å². The van der Waals surface area contributed by atoms with Crippen molar-refractivity contribution in [2.75, 3.05) is 18.4 Å². The molecule has 0 radical (unpaired) electrons. The molecule has 2 rings (SSSR count). The molecule has 23 heavy (non-hydrogen) atoms. The lowest BCUT2D eigenvalue weighted by atomic mass is 10.1. The largest absolute Gasteiger partial charge is 0.384 e. The Morgan fingerprint density at radius 3 is 2.74 bits per heavy atom. The van der Waals surface area contributed by atoms with Crippen LogP contribution in [-0.2, 0) is 0 Å². The van der Waals surface area contributed by atoms with Crippen LogP contribution in [0.5, 0.6) is 0 Å². The molecule has 2 unspecified atom stereocenters. The third-order valence-corrected chi connectivity index (χ3v) is 5.08. The summed E-state index contributed by atoms with van der Waals surface area (Å²) in [5.74, 6) is -0.109. The van der Waals surface area contributed by atoms with Gasteiger partial charge >= 0.3 is 0 Å². The van der Waals surface area contributed by atoms with Gasteiger partial charge in [0.05, 0.1) is 11.6 Å². The van der Waals surface area contributed by atoms with E-state index >= 15 is 0 Å². The molecule has 1 aliphatic rings. The van der Waals surface area contributed by atoms with Crippen molar-refractivity contribution in [2.24, 2.45) is 10.7 Å². The standard InChI is InChI=1S/C17H26N4OS/c1-12-13(2)23-17(20-12)21-16(22)14-8-4-5-9-15(14)19-11-7-3-6-10-18/h4-5,8-9,12-13,19H,3,6-7,10-11,18H2,1-2H3,(H,20,21,22). The SMILES string of the molecule is CC1N=C(NC(=O)c2ccccc2NCCCCCN)SC1C. The highest BCUT2D eigenvalue weighted by Crippen LogP contribution is 2.25. The topological polar surface area (TPSA) is 79.5 Å². The quantitative estimate of drug-likeness (QED) is 0.670. The van der Waals surface area contributed by atoms with Crippen molar-refractivity contribution >= 4 is 28.5 Å². The first-order valence-corrected chi connectivity index (χ1v) is 9.08. The van der Waals surface area contributed by atoms with Gasteiger partial charge in [-0.3, -0.25) is 9.79 Å². The van der Waals surface area contributed by atoms with E-state index in [1.54, 1.807) is 11.8 Å². The molecule has 1 amide bonds. The van der Waals surface area contributed by atoms with E-state index in [1.165, 1.54) is 0 Å². The summed E-state index contributed by atoms with van der Waals surface area (Å²) in [7, 11) is 0. The number of benzene rings is 1. The fourth-order valence-corrected chi connectivity index (χ4v) is 3.31. The van der Waals surface area contributed by atoms with Crippen molar-refractivity contribution in [1.82, 2.24) is 5.32 Å². The van der Waals surface area contributed by atoms with E-state index in [2.05, 4.69) is 29.5 Å². The number of nitrogens with one attached hydrogen (secondary N) is 2. The number of nitrogens with two attached hydrogens (primary N) is 1. The van der Waals surface area contributed by atoms with Gasteiger partial charge in [-0.05, 0) is 38.4 Å². The highest BCUT2D eigenvalue weighted by Gasteiger charge is 2.24. The predicted molar refractivity (Wildman–Crippen MR) is 99.3 cm³/mol. The van der Waals surface area contributed by atoms with Crippen LogP contribution in [0.2, 0.25) is 0 Å². The fraction of sp³-hybridized carbons (Fsp3) is 0.529. The van der Waals surface area contributed by atoms with Gasteiger partial charge in [-0.15, -0.1) is 0 Å². The zero-order chi connectivity index (χ0) is 16.7. The molecule has 5 nitrogen and oxygen atoms in total. The van der Waals surface area contributed by atoms with E-state index in [4.69, 9.17) is 5.73 Å². The molecule has 2 atom stereocenters. The summed E-state index contributed by atoms with van der Waals surface area (Å²) in [6.45, 7) is 5.76. The molecule has 126 valence electrons. The number of amidine groups is 1. The minimum atomic E-state index is -0.109. The van der Waals surface area contributed by atoms with Crippen molar-refractivity contribution < 1.29 is 4.79 Å². The molecular formula is C17H26N4OS. The summed E-state index contributed by atoms with van der Waals surface area (Å²) in [5.41, 5.74) is 7.01. The van der Waals surface area contributed by atoms with Gasteiger partial charge in [-0.25, -0.2) is 0 Å². The highest BCUT2D eigenvalue weighted by molar-refractivity contribution is 8.14. The minimum Gasteiger partial charge on any atom is -0.384 e. The van der Waals surface area contributed by atoms with Crippen LogP contribution in [0.3, 0.4) is 0 Å². The molecule has 0 spiro atoms. The molecule has 0 saturated heterocycles. The average molecular weight is 334 g/mol. The number of carbonyl (C=O) groups excluding carboxylic acids is 1. The maximum absolute atomic E-state index is 12.5. The summed E-state index contributed by atoms with van der Waals surface area (Å²) >= 11 is 1.62. The molecule has 0 aromatic heterocycles. The Morgan fingerprint density at radius 2 is 2.04 bits per heavy atom. The van der Waals surface area contributed by atoms with E-state index in [9.17, 15) is 4.79 Å². The van der Waals surface area contributed by atoms with Crippen molar-refractivity contribution in [2.45, 2.75) is 44.4 Å². The number of hydrogen-bond donors (Lipinski definition) is 3. The van der Waals surface area contributed by atoms with Crippen LogP contribution >= 0.6 is 11.8 Å². The molecule has 0 aliphatic carbocycles. The Labute approximate surface area is 142 Å². The number of unbranched alkanes of at least 4 members (excludes halogenated alkanes) is 2. The van der Waals surface area contributed by atoms with E-state index < -0.39 is 0 Å². The summed E-state index contributed by atoms with van der Waals surface area (Å²) in [5, 5.41) is 7.39. The van der Waals surface area contributed by atoms with Gasteiger partial charge in [0.1, 0.15) is 0 Å². The zero-order valence-electron chi connectivity index (χ0n) is 13.8. The normalized spacial score (nSPS) is 20.2.